The third kappa shape index (κ3) is 4.85. The molecule has 2 amide bonds. The Hall–Kier alpha value is -2.59. The summed E-state index contributed by atoms with van der Waals surface area (Å²) in [5, 5.41) is 1.80. The second-order valence-electron chi connectivity index (χ2n) is 7.50. The summed E-state index contributed by atoms with van der Waals surface area (Å²) in [5.41, 5.74) is 0.567. The second-order valence-corrected chi connectivity index (χ2v) is 10.3. The van der Waals surface area contributed by atoms with Crippen molar-refractivity contribution in [3.63, 3.8) is 0 Å². The highest BCUT2D eigenvalue weighted by Crippen LogP contribution is 2.38. The summed E-state index contributed by atoms with van der Waals surface area (Å²) >= 11 is 1.14. The molecule has 2 aliphatic rings. The number of halogens is 1. The number of likely N-dealkylation sites (tertiary alicyclic amines) is 1. The van der Waals surface area contributed by atoms with Gasteiger partial charge in [0.2, 0.25) is 11.8 Å². The van der Waals surface area contributed by atoms with Gasteiger partial charge < -0.3 is 10.2 Å². The van der Waals surface area contributed by atoms with Gasteiger partial charge in [0.05, 0.1) is 10.6 Å². The molecule has 0 unspecified atom stereocenters. The molecule has 2 N–H and O–H groups in total. The SMILES string of the molecule is O=C1Nc2cc(S(=O)(=O)Nc3ccc(F)cc3)ccc2S[C@H]1C(=O)N1CCCCCC1. The molecule has 10 heteroatoms. The van der Waals surface area contributed by atoms with E-state index >= 15 is 0 Å². The van der Waals surface area contributed by atoms with Crippen molar-refractivity contribution in [1.82, 2.24) is 4.90 Å². The zero-order valence-electron chi connectivity index (χ0n) is 16.6. The normalized spacial score (nSPS) is 19.2. The van der Waals surface area contributed by atoms with E-state index in [2.05, 4.69) is 10.0 Å². The zero-order chi connectivity index (χ0) is 22.0. The number of rotatable bonds is 4. The summed E-state index contributed by atoms with van der Waals surface area (Å²) in [6, 6.07) is 9.32. The van der Waals surface area contributed by atoms with E-state index in [0.717, 1.165) is 49.6 Å². The fraction of sp³-hybridized carbons (Fsp3) is 0.333. The lowest BCUT2D eigenvalue weighted by molar-refractivity contribution is -0.133. The van der Waals surface area contributed by atoms with Crippen molar-refractivity contribution in [2.75, 3.05) is 23.1 Å². The molecule has 2 aliphatic heterocycles. The van der Waals surface area contributed by atoms with Crippen LogP contribution in [0.4, 0.5) is 15.8 Å². The van der Waals surface area contributed by atoms with Gasteiger partial charge in [-0.1, -0.05) is 12.8 Å². The summed E-state index contributed by atoms with van der Waals surface area (Å²) in [4.78, 5) is 27.9. The fourth-order valence-corrected chi connectivity index (χ4v) is 5.74. The maximum absolute atomic E-state index is 13.0. The smallest absolute Gasteiger partial charge is 0.261 e. The number of amides is 2. The number of carbonyl (C=O) groups is 2. The molecule has 0 bridgehead atoms. The quantitative estimate of drug-likeness (QED) is 0.678. The maximum atomic E-state index is 13.0. The van der Waals surface area contributed by atoms with E-state index in [1.54, 1.807) is 11.0 Å². The number of anilines is 2. The molecule has 0 aromatic heterocycles. The van der Waals surface area contributed by atoms with E-state index in [9.17, 15) is 22.4 Å². The predicted octanol–water partition coefficient (Wildman–Crippen LogP) is 3.44. The molecular weight excluding hydrogens is 441 g/mol. The Morgan fingerprint density at radius 3 is 2.42 bits per heavy atom. The van der Waals surface area contributed by atoms with Gasteiger partial charge in [-0.2, -0.15) is 0 Å². The van der Waals surface area contributed by atoms with Crippen molar-refractivity contribution < 1.29 is 22.4 Å². The topological polar surface area (TPSA) is 95.6 Å². The summed E-state index contributed by atoms with van der Waals surface area (Å²) < 4.78 is 40.8. The lowest BCUT2D eigenvalue weighted by Crippen LogP contribution is -2.45. The molecule has 2 aromatic rings. The predicted molar refractivity (Wildman–Crippen MR) is 117 cm³/mol. The largest absolute Gasteiger partial charge is 0.341 e. The number of carbonyl (C=O) groups excluding carboxylic acids is 2. The summed E-state index contributed by atoms with van der Waals surface area (Å²) in [6.07, 6.45) is 4.03. The van der Waals surface area contributed by atoms with Crippen LogP contribution in [0.1, 0.15) is 25.7 Å². The Labute approximate surface area is 184 Å². The van der Waals surface area contributed by atoms with Crippen molar-refractivity contribution >= 4 is 45.0 Å². The number of hydrogen-bond acceptors (Lipinski definition) is 5. The van der Waals surface area contributed by atoms with E-state index < -0.39 is 27.0 Å². The van der Waals surface area contributed by atoms with Crippen LogP contribution in [0, 0.1) is 5.82 Å². The van der Waals surface area contributed by atoms with Crippen molar-refractivity contribution in [2.45, 2.75) is 40.7 Å². The first kappa shape index (κ1) is 21.6. The molecule has 1 atom stereocenters. The van der Waals surface area contributed by atoms with Crippen LogP contribution in [0.15, 0.2) is 52.3 Å². The van der Waals surface area contributed by atoms with E-state index in [1.807, 2.05) is 0 Å². The molecule has 2 aromatic carbocycles. The van der Waals surface area contributed by atoms with Crippen molar-refractivity contribution in [1.29, 1.82) is 0 Å². The molecule has 7 nitrogen and oxygen atoms in total. The van der Waals surface area contributed by atoms with Crippen LogP contribution < -0.4 is 10.0 Å². The molecule has 0 aliphatic carbocycles. The molecule has 2 heterocycles. The van der Waals surface area contributed by atoms with E-state index in [4.69, 9.17) is 0 Å². The monoisotopic (exact) mass is 463 g/mol. The third-order valence-electron chi connectivity index (χ3n) is 5.24. The molecule has 1 saturated heterocycles. The summed E-state index contributed by atoms with van der Waals surface area (Å²) in [7, 11) is -3.94. The maximum Gasteiger partial charge on any atom is 0.261 e. The van der Waals surface area contributed by atoms with E-state index in [-0.39, 0.29) is 16.5 Å². The Morgan fingerprint density at radius 2 is 1.74 bits per heavy atom. The molecule has 0 radical (unpaired) electrons. The third-order valence-corrected chi connectivity index (χ3v) is 7.88. The molecule has 0 spiro atoms. The van der Waals surface area contributed by atoms with Gasteiger partial charge in [-0.15, -0.1) is 11.8 Å². The molecule has 4 rings (SSSR count). The van der Waals surface area contributed by atoms with Crippen molar-refractivity contribution in [3.05, 3.63) is 48.3 Å². The minimum atomic E-state index is -3.94. The van der Waals surface area contributed by atoms with E-state index in [0.29, 0.717) is 23.7 Å². The Bertz CT molecular complexity index is 1100. The fourth-order valence-electron chi connectivity index (χ4n) is 3.61. The Morgan fingerprint density at radius 1 is 1.06 bits per heavy atom. The summed E-state index contributed by atoms with van der Waals surface area (Å²) in [6.45, 7) is 1.31. The highest BCUT2D eigenvalue weighted by Gasteiger charge is 2.36. The van der Waals surface area contributed by atoms with Crippen LogP contribution in [0.2, 0.25) is 0 Å². The Kier molecular flexibility index (Phi) is 6.19. The number of nitrogens with zero attached hydrogens (tertiary/aromatic N) is 1. The molecule has 31 heavy (non-hydrogen) atoms. The van der Waals surface area contributed by atoms with Gasteiger partial charge >= 0.3 is 0 Å². The number of benzene rings is 2. The van der Waals surface area contributed by atoms with Crippen LogP contribution in [-0.4, -0.2) is 43.5 Å². The van der Waals surface area contributed by atoms with Gasteiger partial charge in [-0.25, -0.2) is 12.8 Å². The van der Waals surface area contributed by atoms with Gasteiger partial charge in [0.15, 0.2) is 5.25 Å². The minimum absolute atomic E-state index is 0.0474. The van der Waals surface area contributed by atoms with Crippen LogP contribution >= 0.6 is 11.8 Å². The first-order chi connectivity index (χ1) is 14.8. The average Bonchev–Trinajstić information content (AvgIpc) is 3.03. The first-order valence-electron chi connectivity index (χ1n) is 10.0. The van der Waals surface area contributed by atoms with Gasteiger partial charge in [0.1, 0.15) is 5.82 Å². The average molecular weight is 464 g/mol. The zero-order valence-corrected chi connectivity index (χ0v) is 18.3. The van der Waals surface area contributed by atoms with E-state index in [1.165, 1.54) is 24.3 Å². The number of nitrogens with one attached hydrogen (secondary N) is 2. The van der Waals surface area contributed by atoms with Crippen LogP contribution in [0.5, 0.6) is 0 Å². The van der Waals surface area contributed by atoms with Crippen LogP contribution in [0.25, 0.3) is 0 Å². The number of hydrogen-bond donors (Lipinski definition) is 2. The van der Waals surface area contributed by atoms with Gasteiger partial charge in [0.25, 0.3) is 10.0 Å². The number of sulfonamides is 1. The van der Waals surface area contributed by atoms with Crippen LogP contribution in [0.3, 0.4) is 0 Å². The summed E-state index contributed by atoms with van der Waals surface area (Å²) in [5.74, 6) is -1.13. The van der Waals surface area contributed by atoms with Gasteiger partial charge in [-0.3, -0.25) is 14.3 Å². The standard InChI is InChI=1S/C21H22FN3O4S2/c22-14-5-7-15(8-6-14)24-31(28,29)16-9-10-18-17(13-16)23-20(26)19(30-18)21(27)25-11-3-1-2-4-12-25/h5-10,13,19,24H,1-4,11-12H2,(H,23,26)/t19-/m1/s1. The Balaban J connectivity index is 1.52. The van der Waals surface area contributed by atoms with Gasteiger partial charge in [-0.05, 0) is 55.3 Å². The van der Waals surface area contributed by atoms with Crippen molar-refractivity contribution in [3.8, 4) is 0 Å². The number of thioether (sulfide) groups is 1. The molecule has 0 saturated carbocycles. The molecular formula is C21H22FN3O4S2. The molecule has 1 fully saturated rings. The van der Waals surface area contributed by atoms with Crippen LogP contribution in [-0.2, 0) is 19.6 Å². The van der Waals surface area contributed by atoms with Crippen molar-refractivity contribution in [2.24, 2.45) is 0 Å². The molecule has 164 valence electrons. The van der Waals surface area contributed by atoms with Gasteiger partial charge in [0, 0.05) is 23.7 Å². The lowest BCUT2D eigenvalue weighted by atomic mass is 10.2. The highest BCUT2D eigenvalue weighted by atomic mass is 32.2. The second kappa shape index (κ2) is 8.88. The minimum Gasteiger partial charge on any atom is -0.341 e. The number of fused-ring (bicyclic) bond motifs is 1. The lowest BCUT2D eigenvalue weighted by Gasteiger charge is -2.28. The first-order valence-corrected chi connectivity index (χ1v) is 12.4. The highest BCUT2D eigenvalue weighted by molar-refractivity contribution is 8.01.